The van der Waals surface area contributed by atoms with Crippen LogP contribution in [0.2, 0.25) is 0 Å². The molecule has 1 aliphatic heterocycles. The van der Waals surface area contributed by atoms with Crippen molar-refractivity contribution in [2.75, 3.05) is 6.61 Å². The van der Waals surface area contributed by atoms with Gasteiger partial charge in [-0.05, 0) is 166 Å². The lowest BCUT2D eigenvalue weighted by Crippen LogP contribution is -2.51. The number of ketones is 1. The van der Waals surface area contributed by atoms with E-state index in [1.165, 1.54) is 93.8 Å². The molecule has 0 aromatic heterocycles. The predicted molar refractivity (Wildman–Crippen MR) is 239 cm³/mol. The smallest absolute Gasteiger partial charge is 0.377 e. The van der Waals surface area contributed by atoms with E-state index in [-0.39, 0.29) is 23.0 Å². The number of esters is 1. The van der Waals surface area contributed by atoms with E-state index in [2.05, 4.69) is 65.0 Å². The van der Waals surface area contributed by atoms with Crippen molar-refractivity contribution < 1.29 is 45.0 Å². The van der Waals surface area contributed by atoms with E-state index >= 15 is 0 Å². The van der Waals surface area contributed by atoms with Crippen molar-refractivity contribution in [1.82, 2.24) is 0 Å². The Kier molecular flexibility index (Phi) is 15.3. The first-order chi connectivity index (χ1) is 28.8. The summed E-state index contributed by atoms with van der Waals surface area (Å²) in [5, 5.41) is 55.5. The number of hydrogen-bond acceptors (Lipinski definition) is 9. The summed E-state index contributed by atoms with van der Waals surface area (Å²) in [6.07, 6.45) is 26.2. The van der Waals surface area contributed by atoms with Crippen molar-refractivity contribution in [2.45, 2.75) is 188 Å². The first-order valence-corrected chi connectivity index (χ1v) is 24.1. The molecule has 0 radical (unpaired) electrons. The fraction of sp³-hybridized carbons (Fsp3) is 0.769. The molecular formula is C52H80O9. The van der Waals surface area contributed by atoms with Crippen LogP contribution in [0.15, 0.2) is 58.6 Å². The summed E-state index contributed by atoms with van der Waals surface area (Å²) in [5.41, 5.74) is 6.60. The van der Waals surface area contributed by atoms with Gasteiger partial charge >= 0.3 is 5.97 Å². The Hall–Kier alpha value is -2.72. The maximum absolute atomic E-state index is 11.8. The van der Waals surface area contributed by atoms with Gasteiger partial charge in [-0.25, -0.2) is 4.79 Å². The highest BCUT2D eigenvalue weighted by molar-refractivity contribution is 5.91. The van der Waals surface area contributed by atoms with Crippen molar-refractivity contribution in [3.63, 3.8) is 0 Å². The Bertz CT molecular complexity index is 1740. The highest BCUT2D eigenvalue weighted by atomic mass is 16.6. The minimum atomic E-state index is -1.42. The van der Waals surface area contributed by atoms with E-state index < -0.39 is 36.3 Å². The zero-order chi connectivity index (χ0) is 44.4. The fourth-order valence-electron chi connectivity index (χ4n) is 14.0. The summed E-state index contributed by atoms with van der Waals surface area (Å²) in [7, 11) is 0. The minimum Gasteiger partial charge on any atom is -0.505 e. The number of ether oxygens (including phenoxy) is 1. The average Bonchev–Trinajstić information content (AvgIpc) is 3.83. The van der Waals surface area contributed by atoms with Crippen LogP contribution in [0.25, 0.3) is 0 Å². The number of cyclic esters (lactones) is 1. The maximum Gasteiger partial charge on any atom is 0.377 e. The molecule has 9 nitrogen and oxygen atoms in total. The van der Waals surface area contributed by atoms with Gasteiger partial charge in [-0.3, -0.25) is 4.79 Å². The zero-order valence-corrected chi connectivity index (χ0v) is 38.3. The van der Waals surface area contributed by atoms with Crippen LogP contribution in [0.4, 0.5) is 0 Å². The van der Waals surface area contributed by atoms with E-state index in [4.69, 9.17) is 20.4 Å². The molecule has 0 spiro atoms. The molecule has 6 saturated carbocycles. The van der Waals surface area contributed by atoms with Gasteiger partial charge in [-0.1, -0.05) is 96.3 Å². The molecule has 8 rings (SSSR count). The topological polar surface area (TPSA) is 165 Å². The summed E-state index contributed by atoms with van der Waals surface area (Å²) in [4.78, 5) is 22.3. The predicted octanol–water partition coefficient (Wildman–Crippen LogP) is 10.1. The molecule has 1 heterocycles. The van der Waals surface area contributed by atoms with Crippen LogP contribution < -0.4 is 0 Å². The summed E-state index contributed by atoms with van der Waals surface area (Å²) in [6, 6.07) is 0. The Balaban J connectivity index is 0.000000165. The highest BCUT2D eigenvalue weighted by Crippen LogP contribution is 2.65. The van der Waals surface area contributed by atoms with Gasteiger partial charge < -0.3 is 35.4 Å². The first kappa shape index (κ1) is 47.8. The van der Waals surface area contributed by atoms with Crippen molar-refractivity contribution in [1.29, 1.82) is 0 Å². The molecule has 9 heteroatoms. The highest BCUT2D eigenvalue weighted by Gasteiger charge is 2.59. The second-order valence-electron chi connectivity index (χ2n) is 21.7. The number of hydrogen-bond donors (Lipinski definition) is 6. The number of aliphatic hydroxyl groups is 6. The molecule has 0 bridgehead atoms. The molecule has 6 fully saturated rings. The Morgan fingerprint density at radius 3 is 2.30 bits per heavy atom. The normalized spacial score (nSPS) is 40.5. The van der Waals surface area contributed by atoms with Crippen LogP contribution in [-0.2, 0) is 14.3 Å². The Morgan fingerprint density at radius 1 is 0.852 bits per heavy atom. The minimum absolute atomic E-state index is 0.0823. The van der Waals surface area contributed by atoms with E-state index in [9.17, 15) is 19.8 Å². The second-order valence-corrected chi connectivity index (χ2v) is 21.7. The Labute approximate surface area is 366 Å². The van der Waals surface area contributed by atoms with Crippen molar-refractivity contribution in [3.05, 3.63) is 58.6 Å². The number of carbonyl (C=O) groups excluding carboxylic acids is 2. The number of aliphatic hydroxyl groups excluding tert-OH is 6. The van der Waals surface area contributed by atoms with Crippen molar-refractivity contribution in [3.8, 4) is 0 Å². The first-order valence-electron chi connectivity index (χ1n) is 24.1. The standard InChI is InChI=1S/C27H44O.C19H28O2.C6H8O6/c1-19(2)8-6-9-21(4)25-15-16-26-22(10-7-17-27(25,26)5)12-13-23-18-24(28)14-11-20(23)3;1-18-9-7-13(20)11-12(18)3-4-14-15-5-6-17(21)19(15,2)10-8-16(14)18;7-1-2(8)5-3(9)4(10)6(11)12-5/h12-13,19,21,24-26,28H,3,6-11,14-18H2,1-2,4-5H3;11,14-17,21H,3-10H2,1-2H3;2,5,7-10H,1H2/b22-12+,23-13-;;/t21-,24+,25-,26+,27-;14-,15-,16-,17+,18-,19-;2-,5+/m100/s1. The largest absolute Gasteiger partial charge is 0.505 e. The fourth-order valence-corrected chi connectivity index (χ4v) is 14.0. The number of fused-ring (bicyclic) bond motifs is 6. The van der Waals surface area contributed by atoms with E-state index in [1.807, 2.05) is 6.08 Å². The van der Waals surface area contributed by atoms with Crippen molar-refractivity contribution >= 4 is 11.8 Å². The molecule has 0 unspecified atom stereocenters. The summed E-state index contributed by atoms with van der Waals surface area (Å²) in [6.45, 7) is 18.2. The second kappa shape index (κ2) is 19.6. The van der Waals surface area contributed by atoms with Gasteiger partial charge in [-0.15, -0.1) is 0 Å². The maximum atomic E-state index is 11.8. The molecule has 6 N–H and O–H groups in total. The lowest BCUT2D eigenvalue weighted by atomic mass is 9.47. The SMILES string of the molecule is C=C1CC[C@H](O)C/C1=C/C=C1\CCC[C@]2(C)[C@@H]([C@H](C)CCCC(C)C)CC[C@@H]12.C[C@]12CC[C@H]3[C@@H](CCC4=CC(=O)CC[C@@]43C)[C@@H]1CC[C@H]2O.O=C1O[C@H]([C@@H](O)CO)C(O)=C1O. The molecule has 0 aromatic rings. The number of carbonyl (C=O) groups is 2. The number of allylic oxidation sites excluding steroid dienone is 5. The molecular weight excluding hydrogens is 769 g/mol. The van der Waals surface area contributed by atoms with Gasteiger partial charge in [0.15, 0.2) is 17.6 Å². The molecule has 0 aromatic carbocycles. The molecule has 8 aliphatic rings. The Morgan fingerprint density at radius 2 is 1.61 bits per heavy atom. The van der Waals surface area contributed by atoms with Crippen LogP contribution >= 0.6 is 0 Å². The van der Waals surface area contributed by atoms with Gasteiger partial charge in [0.05, 0.1) is 18.8 Å². The quantitative estimate of drug-likeness (QED) is 0.130. The summed E-state index contributed by atoms with van der Waals surface area (Å²) < 4.78 is 4.32. The summed E-state index contributed by atoms with van der Waals surface area (Å²) >= 11 is 0. The van der Waals surface area contributed by atoms with Gasteiger partial charge in [0.1, 0.15) is 6.10 Å². The number of rotatable bonds is 8. The van der Waals surface area contributed by atoms with Gasteiger partial charge in [0.2, 0.25) is 5.76 Å². The summed E-state index contributed by atoms with van der Waals surface area (Å²) in [5.74, 6) is 3.17. The zero-order valence-electron chi connectivity index (χ0n) is 38.3. The van der Waals surface area contributed by atoms with E-state index in [0.29, 0.717) is 17.1 Å². The molecule has 0 amide bonds. The third-order valence-electron chi connectivity index (χ3n) is 17.7. The van der Waals surface area contributed by atoms with Crippen LogP contribution in [0, 0.1) is 57.7 Å². The third-order valence-corrected chi connectivity index (χ3v) is 17.7. The molecule has 13 atom stereocenters. The van der Waals surface area contributed by atoms with Crippen LogP contribution in [0.3, 0.4) is 0 Å². The van der Waals surface area contributed by atoms with E-state index in [1.54, 1.807) is 5.57 Å². The lowest BCUT2D eigenvalue weighted by molar-refractivity contribution is -0.147. The van der Waals surface area contributed by atoms with Crippen LogP contribution in [0.1, 0.15) is 164 Å². The monoisotopic (exact) mass is 849 g/mol. The van der Waals surface area contributed by atoms with Crippen LogP contribution in [-0.4, -0.2) is 73.4 Å². The van der Waals surface area contributed by atoms with Crippen molar-refractivity contribution in [2.24, 2.45) is 57.7 Å². The molecule has 342 valence electrons. The lowest BCUT2D eigenvalue weighted by Gasteiger charge is -2.57. The molecule has 61 heavy (non-hydrogen) atoms. The molecule has 0 saturated heterocycles. The van der Waals surface area contributed by atoms with Gasteiger partial charge in [-0.2, -0.15) is 0 Å². The van der Waals surface area contributed by atoms with Gasteiger partial charge in [0.25, 0.3) is 0 Å². The third kappa shape index (κ3) is 9.85. The van der Waals surface area contributed by atoms with E-state index in [0.717, 1.165) is 80.5 Å². The molecule has 7 aliphatic carbocycles. The van der Waals surface area contributed by atoms with Crippen LogP contribution in [0.5, 0.6) is 0 Å². The van der Waals surface area contributed by atoms with Gasteiger partial charge in [0, 0.05) is 6.42 Å². The average molecular weight is 849 g/mol.